The molecule has 5 heteroatoms. The Morgan fingerprint density at radius 3 is 2.35 bits per heavy atom. The zero-order valence-corrected chi connectivity index (χ0v) is 12.1. The van der Waals surface area contributed by atoms with Crippen LogP contribution in [0.15, 0.2) is 24.3 Å². The van der Waals surface area contributed by atoms with Crippen molar-refractivity contribution in [3.05, 3.63) is 35.4 Å². The first-order valence-electron chi connectivity index (χ1n) is 6.59. The summed E-state index contributed by atoms with van der Waals surface area (Å²) < 4.78 is 5.09. The number of alkyl carbamates (subject to hydrolysis) is 1. The zero-order valence-electron chi connectivity index (χ0n) is 12.1. The molecule has 0 heterocycles. The molecule has 1 aromatic rings. The van der Waals surface area contributed by atoms with Crippen LogP contribution in [0.2, 0.25) is 0 Å². The molecule has 1 unspecified atom stereocenters. The van der Waals surface area contributed by atoms with Crippen LogP contribution in [0.3, 0.4) is 0 Å². The number of carbonyl (C=O) groups is 2. The van der Waals surface area contributed by atoms with Crippen LogP contribution < -0.4 is 5.32 Å². The number of rotatable bonds is 6. The smallest absolute Gasteiger partial charge is 0.407 e. The molecule has 0 aliphatic rings. The van der Waals surface area contributed by atoms with Crippen LogP contribution >= 0.6 is 0 Å². The predicted molar refractivity (Wildman–Crippen MR) is 75.4 cm³/mol. The highest BCUT2D eigenvalue weighted by atomic mass is 16.5. The van der Waals surface area contributed by atoms with Gasteiger partial charge >= 0.3 is 12.1 Å². The molecule has 5 nitrogen and oxygen atoms in total. The van der Waals surface area contributed by atoms with Gasteiger partial charge in [-0.15, -0.1) is 0 Å². The second kappa shape index (κ2) is 7.53. The Kier molecular flexibility index (Phi) is 6.03. The van der Waals surface area contributed by atoms with E-state index in [0.29, 0.717) is 0 Å². The van der Waals surface area contributed by atoms with Crippen molar-refractivity contribution in [2.75, 3.05) is 0 Å². The van der Waals surface area contributed by atoms with E-state index in [4.69, 9.17) is 9.84 Å². The average Bonchev–Trinajstić information content (AvgIpc) is 2.36. The lowest BCUT2D eigenvalue weighted by Crippen LogP contribution is -2.40. The molecule has 110 valence electrons. The minimum Gasteiger partial charge on any atom is -0.481 e. The number of carboxylic acid groups (broad SMARTS) is 1. The summed E-state index contributed by atoms with van der Waals surface area (Å²) in [5.74, 6) is -0.916. The number of aliphatic carboxylic acids is 1. The molecule has 2 N–H and O–H groups in total. The molecule has 0 fully saturated rings. The Hall–Kier alpha value is -2.04. The summed E-state index contributed by atoms with van der Waals surface area (Å²) in [7, 11) is 0. The van der Waals surface area contributed by atoms with Gasteiger partial charge in [-0.1, -0.05) is 43.7 Å². The number of nitrogens with one attached hydrogen (secondary N) is 1. The number of carboxylic acids is 1. The summed E-state index contributed by atoms with van der Waals surface area (Å²) in [6.45, 7) is 5.86. The van der Waals surface area contributed by atoms with Crippen molar-refractivity contribution in [3.63, 3.8) is 0 Å². The van der Waals surface area contributed by atoms with Gasteiger partial charge in [-0.25, -0.2) is 4.79 Å². The van der Waals surface area contributed by atoms with Crippen LogP contribution in [0.25, 0.3) is 0 Å². The number of hydrogen-bond acceptors (Lipinski definition) is 3. The van der Waals surface area contributed by atoms with Gasteiger partial charge in [-0.3, -0.25) is 4.79 Å². The third-order valence-corrected chi connectivity index (χ3v) is 2.99. The van der Waals surface area contributed by atoms with Gasteiger partial charge in [0.15, 0.2) is 0 Å². The molecule has 0 aromatic heterocycles. The van der Waals surface area contributed by atoms with Crippen molar-refractivity contribution in [1.82, 2.24) is 5.32 Å². The maximum absolute atomic E-state index is 11.7. The zero-order chi connectivity index (χ0) is 15.1. The third-order valence-electron chi connectivity index (χ3n) is 2.99. The topological polar surface area (TPSA) is 75.6 Å². The lowest BCUT2D eigenvalue weighted by Gasteiger charge is -2.20. The second-order valence-electron chi connectivity index (χ2n) is 5.15. The highest BCUT2D eigenvalue weighted by Crippen LogP contribution is 2.08. The fourth-order valence-corrected chi connectivity index (χ4v) is 1.67. The molecule has 20 heavy (non-hydrogen) atoms. The Bertz CT molecular complexity index is 453. The Balaban J connectivity index is 2.45. The molecule has 0 spiro atoms. The van der Waals surface area contributed by atoms with Gasteiger partial charge in [0, 0.05) is 6.04 Å². The molecule has 0 aliphatic heterocycles. The first-order valence-corrected chi connectivity index (χ1v) is 6.59. The maximum Gasteiger partial charge on any atom is 0.407 e. The van der Waals surface area contributed by atoms with Gasteiger partial charge < -0.3 is 15.2 Å². The molecule has 0 saturated heterocycles. The molecule has 0 aliphatic carbocycles. The molecule has 1 aromatic carbocycles. The summed E-state index contributed by atoms with van der Waals surface area (Å²) in [6.07, 6.45) is -0.706. The number of hydrogen-bond donors (Lipinski definition) is 2. The van der Waals surface area contributed by atoms with E-state index in [1.54, 1.807) is 0 Å². The van der Waals surface area contributed by atoms with Crippen LogP contribution in [0.4, 0.5) is 4.79 Å². The van der Waals surface area contributed by atoms with Gasteiger partial charge in [0.1, 0.15) is 6.61 Å². The van der Waals surface area contributed by atoms with E-state index in [1.807, 2.05) is 45.0 Å². The van der Waals surface area contributed by atoms with Gasteiger partial charge in [0.25, 0.3) is 0 Å². The van der Waals surface area contributed by atoms with Crippen LogP contribution in [0.5, 0.6) is 0 Å². The highest BCUT2D eigenvalue weighted by Gasteiger charge is 2.19. The van der Waals surface area contributed by atoms with Crippen LogP contribution in [-0.2, 0) is 16.1 Å². The van der Waals surface area contributed by atoms with E-state index >= 15 is 0 Å². The summed E-state index contributed by atoms with van der Waals surface area (Å²) in [5, 5.41) is 11.4. The van der Waals surface area contributed by atoms with E-state index in [-0.39, 0.29) is 18.9 Å². The summed E-state index contributed by atoms with van der Waals surface area (Å²) >= 11 is 0. The van der Waals surface area contributed by atoms with Crippen molar-refractivity contribution < 1.29 is 19.4 Å². The quantitative estimate of drug-likeness (QED) is 0.839. The molecular formula is C15H21NO4. The first-order chi connectivity index (χ1) is 9.38. The molecule has 0 bridgehead atoms. The number of amides is 1. The summed E-state index contributed by atoms with van der Waals surface area (Å²) in [4.78, 5) is 22.4. The van der Waals surface area contributed by atoms with Gasteiger partial charge in [0.2, 0.25) is 0 Å². The molecule has 0 saturated carbocycles. The monoisotopic (exact) mass is 279 g/mol. The van der Waals surface area contributed by atoms with Crippen molar-refractivity contribution in [3.8, 4) is 0 Å². The predicted octanol–water partition coefficient (Wildman–Crippen LogP) is 2.72. The number of carbonyl (C=O) groups excluding carboxylic acids is 1. The van der Waals surface area contributed by atoms with Crippen molar-refractivity contribution in [2.45, 2.75) is 39.8 Å². The van der Waals surface area contributed by atoms with Gasteiger partial charge in [0.05, 0.1) is 6.42 Å². The first kappa shape index (κ1) is 16.0. The fraction of sp³-hybridized carbons (Fsp3) is 0.467. The normalized spacial score (nSPS) is 12.0. The summed E-state index contributed by atoms with van der Waals surface area (Å²) in [5.41, 5.74) is 2.03. The second-order valence-corrected chi connectivity index (χ2v) is 5.15. The number of benzene rings is 1. The Morgan fingerprint density at radius 1 is 1.25 bits per heavy atom. The van der Waals surface area contributed by atoms with E-state index in [1.165, 1.54) is 0 Å². The molecule has 0 radical (unpaired) electrons. The lowest BCUT2D eigenvalue weighted by molar-refractivity contribution is -0.137. The van der Waals surface area contributed by atoms with Crippen molar-refractivity contribution >= 4 is 12.1 Å². The van der Waals surface area contributed by atoms with Crippen LogP contribution in [0, 0.1) is 12.8 Å². The minimum absolute atomic E-state index is 0.0259. The molecule has 1 rings (SSSR count). The number of aryl methyl sites for hydroxylation is 1. The van der Waals surface area contributed by atoms with Crippen molar-refractivity contribution in [2.24, 2.45) is 5.92 Å². The van der Waals surface area contributed by atoms with E-state index in [0.717, 1.165) is 11.1 Å². The highest BCUT2D eigenvalue weighted by molar-refractivity contribution is 5.71. The third kappa shape index (κ3) is 5.73. The lowest BCUT2D eigenvalue weighted by atomic mass is 10.0. The van der Waals surface area contributed by atoms with Crippen LogP contribution in [-0.4, -0.2) is 23.2 Å². The Labute approximate surface area is 118 Å². The van der Waals surface area contributed by atoms with Crippen LogP contribution in [0.1, 0.15) is 31.4 Å². The standard InChI is InChI=1S/C15H21NO4/c1-10(2)13(8-14(17)18)16-15(19)20-9-12-6-4-11(3)5-7-12/h4-7,10,13H,8-9H2,1-3H3,(H,16,19)(H,17,18). The molecule has 1 atom stereocenters. The van der Waals surface area contributed by atoms with Gasteiger partial charge in [-0.2, -0.15) is 0 Å². The van der Waals surface area contributed by atoms with Gasteiger partial charge in [-0.05, 0) is 18.4 Å². The molecular weight excluding hydrogens is 258 g/mol. The largest absolute Gasteiger partial charge is 0.481 e. The summed E-state index contributed by atoms with van der Waals surface area (Å²) in [6, 6.07) is 7.23. The Morgan fingerprint density at radius 2 is 1.85 bits per heavy atom. The van der Waals surface area contributed by atoms with Crippen molar-refractivity contribution in [1.29, 1.82) is 0 Å². The SMILES string of the molecule is Cc1ccc(COC(=O)NC(CC(=O)O)C(C)C)cc1. The fourth-order valence-electron chi connectivity index (χ4n) is 1.67. The van der Waals surface area contributed by atoms with E-state index in [9.17, 15) is 9.59 Å². The average molecular weight is 279 g/mol. The van der Waals surface area contributed by atoms with E-state index < -0.39 is 18.1 Å². The maximum atomic E-state index is 11.7. The number of ether oxygens (including phenoxy) is 1. The molecule has 1 amide bonds. The minimum atomic E-state index is -0.942. The van der Waals surface area contributed by atoms with E-state index in [2.05, 4.69) is 5.32 Å².